The number of carbonyl (C=O) groups excluding carboxylic acids is 2. The fraction of sp³-hybridized carbons (Fsp3) is 0.333. The Morgan fingerprint density at radius 2 is 1.77 bits per heavy atom. The molecule has 0 bridgehead atoms. The number of piperazine rings is 1. The molecule has 1 heterocycles. The van der Waals surface area contributed by atoms with Crippen molar-refractivity contribution in [3.05, 3.63) is 54.6 Å². The van der Waals surface area contributed by atoms with Crippen molar-refractivity contribution < 1.29 is 9.59 Å². The lowest BCUT2D eigenvalue weighted by molar-refractivity contribution is -0.124. The first kappa shape index (κ1) is 18.0. The molecule has 1 unspecified atom stereocenters. The molecule has 26 heavy (non-hydrogen) atoms. The summed E-state index contributed by atoms with van der Waals surface area (Å²) >= 11 is 0. The van der Waals surface area contributed by atoms with E-state index < -0.39 is 6.04 Å². The van der Waals surface area contributed by atoms with Gasteiger partial charge in [-0.2, -0.15) is 0 Å². The highest BCUT2D eigenvalue weighted by Gasteiger charge is 2.35. The van der Waals surface area contributed by atoms with Crippen molar-refractivity contribution in [1.82, 2.24) is 10.2 Å². The molecule has 1 aliphatic rings. The first-order chi connectivity index (χ1) is 12.6. The molecule has 3 amide bonds. The average Bonchev–Trinajstić information content (AvgIpc) is 2.69. The monoisotopic (exact) mass is 351 g/mol. The standard InChI is InChI=1S/C21H25N3O2/c1-3-13-22-21(26)23-14-15-24(20(25)16(23)2)19-12-8-7-11-18(19)17-9-5-4-6-10-17/h4-12,16H,3,13-15H2,1-2H3,(H,22,26). The number of rotatable bonds is 4. The van der Waals surface area contributed by atoms with Gasteiger partial charge in [0.05, 0.1) is 5.69 Å². The van der Waals surface area contributed by atoms with Gasteiger partial charge in [0.2, 0.25) is 5.91 Å². The second kappa shape index (κ2) is 8.04. The Morgan fingerprint density at radius 1 is 1.08 bits per heavy atom. The van der Waals surface area contributed by atoms with Gasteiger partial charge in [-0.05, 0) is 25.0 Å². The summed E-state index contributed by atoms with van der Waals surface area (Å²) in [5, 5.41) is 2.86. The Kier molecular flexibility index (Phi) is 5.56. The van der Waals surface area contributed by atoms with Crippen LogP contribution in [0.25, 0.3) is 11.1 Å². The number of carbonyl (C=O) groups is 2. The van der Waals surface area contributed by atoms with Gasteiger partial charge in [-0.1, -0.05) is 55.5 Å². The minimum Gasteiger partial charge on any atom is -0.338 e. The molecule has 0 aromatic heterocycles. The molecule has 0 aliphatic carbocycles. The highest BCUT2D eigenvalue weighted by Crippen LogP contribution is 2.32. The number of para-hydroxylation sites is 1. The van der Waals surface area contributed by atoms with Crippen LogP contribution in [0.1, 0.15) is 20.3 Å². The van der Waals surface area contributed by atoms with Gasteiger partial charge in [0.25, 0.3) is 0 Å². The third kappa shape index (κ3) is 3.57. The lowest BCUT2D eigenvalue weighted by Gasteiger charge is -2.39. The Morgan fingerprint density at radius 3 is 2.50 bits per heavy atom. The van der Waals surface area contributed by atoms with Crippen LogP contribution in [0, 0.1) is 0 Å². The zero-order valence-electron chi connectivity index (χ0n) is 15.3. The van der Waals surface area contributed by atoms with Crippen molar-refractivity contribution in [1.29, 1.82) is 0 Å². The predicted molar refractivity (Wildman–Crippen MR) is 104 cm³/mol. The summed E-state index contributed by atoms with van der Waals surface area (Å²) in [6, 6.07) is 17.3. The average molecular weight is 351 g/mol. The topological polar surface area (TPSA) is 52.7 Å². The molecule has 1 fully saturated rings. The largest absolute Gasteiger partial charge is 0.338 e. The highest BCUT2D eigenvalue weighted by molar-refractivity contribution is 6.02. The molecule has 1 aliphatic heterocycles. The Balaban J connectivity index is 1.84. The number of urea groups is 1. The molecule has 3 rings (SSSR count). The lowest BCUT2D eigenvalue weighted by Crippen LogP contribution is -2.59. The molecule has 5 heteroatoms. The zero-order chi connectivity index (χ0) is 18.5. The lowest BCUT2D eigenvalue weighted by atomic mass is 10.0. The number of nitrogens with one attached hydrogen (secondary N) is 1. The minimum atomic E-state index is -0.482. The van der Waals surface area contributed by atoms with Gasteiger partial charge < -0.3 is 15.1 Å². The van der Waals surface area contributed by atoms with E-state index in [1.165, 1.54) is 0 Å². The van der Waals surface area contributed by atoms with Crippen LogP contribution in [0.3, 0.4) is 0 Å². The maximum Gasteiger partial charge on any atom is 0.318 e. The van der Waals surface area contributed by atoms with Gasteiger partial charge in [-0.15, -0.1) is 0 Å². The molecule has 1 saturated heterocycles. The predicted octanol–water partition coefficient (Wildman–Crippen LogP) is 3.51. The van der Waals surface area contributed by atoms with Crippen LogP contribution in [0.2, 0.25) is 0 Å². The normalized spacial score (nSPS) is 17.3. The fourth-order valence-electron chi connectivity index (χ4n) is 3.29. The number of hydrogen-bond donors (Lipinski definition) is 1. The summed E-state index contributed by atoms with van der Waals surface area (Å²) in [6.45, 7) is 5.44. The molecule has 0 radical (unpaired) electrons. The van der Waals surface area contributed by atoms with Crippen molar-refractivity contribution in [3.8, 4) is 11.1 Å². The number of amides is 3. The molecule has 0 saturated carbocycles. The third-order valence-electron chi connectivity index (χ3n) is 4.72. The maximum atomic E-state index is 13.0. The fourth-order valence-corrected chi connectivity index (χ4v) is 3.29. The number of benzene rings is 2. The quantitative estimate of drug-likeness (QED) is 0.916. The van der Waals surface area contributed by atoms with Gasteiger partial charge in [0.1, 0.15) is 6.04 Å². The van der Waals surface area contributed by atoms with Crippen molar-refractivity contribution in [2.24, 2.45) is 0 Å². The SMILES string of the molecule is CCCNC(=O)N1CCN(c2ccccc2-c2ccccc2)C(=O)C1C. The van der Waals surface area contributed by atoms with E-state index in [0.717, 1.165) is 23.2 Å². The highest BCUT2D eigenvalue weighted by atomic mass is 16.2. The van der Waals surface area contributed by atoms with Crippen LogP contribution < -0.4 is 10.2 Å². The van der Waals surface area contributed by atoms with E-state index in [1.807, 2.05) is 61.5 Å². The van der Waals surface area contributed by atoms with Gasteiger partial charge in [0.15, 0.2) is 0 Å². The second-order valence-electron chi connectivity index (χ2n) is 6.47. The Bertz CT molecular complexity index is 776. The van der Waals surface area contributed by atoms with Gasteiger partial charge in [-0.25, -0.2) is 4.79 Å². The molecule has 2 aromatic carbocycles. The zero-order valence-corrected chi connectivity index (χ0v) is 15.3. The van der Waals surface area contributed by atoms with Gasteiger partial charge in [-0.3, -0.25) is 4.79 Å². The van der Waals surface area contributed by atoms with Crippen molar-refractivity contribution >= 4 is 17.6 Å². The maximum absolute atomic E-state index is 13.0. The van der Waals surface area contributed by atoms with Crippen LogP contribution in [-0.2, 0) is 4.79 Å². The van der Waals surface area contributed by atoms with E-state index in [-0.39, 0.29) is 11.9 Å². The molecular formula is C21H25N3O2. The molecule has 0 spiro atoms. The Labute approximate surface area is 154 Å². The third-order valence-corrected chi connectivity index (χ3v) is 4.72. The molecular weight excluding hydrogens is 326 g/mol. The summed E-state index contributed by atoms with van der Waals surface area (Å²) in [7, 11) is 0. The number of hydrogen-bond acceptors (Lipinski definition) is 2. The van der Waals surface area contributed by atoms with E-state index in [0.29, 0.717) is 19.6 Å². The van der Waals surface area contributed by atoms with Crippen molar-refractivity contribution in [3.63, 3.8) is 0 Å². The molecule has 1 atom stereocenters. The summed E-state index contributed by atoms with van der Waals surface area (Å²) in [6.07, 6.45) is 0.873. The van der Waals surface area contributed by atoms with Crippen molar-refractivity contribution in [2.75, 3.05) is 24.5 Å². The van der Waals surface area contributed by atoms with Gasteiger partial charge in [0, 0.05) is 25.2 Å². The molecule has 2 aromatic rings. The summed E-state index contributed by atoms with van der Waals surface area (Å²) in [5.41, 5.74) is 2.99. The van der Waals surface area contributed by atoms with Crippen LogP contribution in [-0.4, -0.2) is 42.5 Å². The molecule has 5 nitrogen and oxygen atoms in total. The van der Waals surface area contributed by atoms with Crippen LogP contribution in [0.15, 0.2) is 54.6 Å². The molecule has 1 N–H and O–H groups in total. The number of nitrogens with zero attached hydrogens (tertiary/aromatic N) is 2. The smallest absolute Gasteiger partial charge is 0.318 e. The molecule has 136 valence electrons. The first-order valence-corrected chi connectivity index (χ1v) is 9.13. The Hall–Kier alpha value is -2.82. The summed E-state index contributed by atoms with van der Waals surface area (Å²) in [5.74, 6) is -0.0497. The van der Waals surface area contributed by atoms with E-state index in [4.69, 9.17) is 0 Å². The van der Waals surface area contributed by atoms with E-state index >= 15 is 0 Å². The minimum absolute atomic E-state index is 0.0497. The van der Waals surface area contributed by atoms with E-state index in [2.05, 4.69) is 5.32 Å². The van der Waals surface area contributed by atoms with Crippen LogP contribution in [0.4, 0.5) is 10.5 Å². The van der Waals surface area contributed by atoms with Crippen LogP contribution >= 0.6 is 0 Å². The van der Waals surface area contributed by atoms with E-state index in [9.17, 15) is 9.59 Å². The summed E-state index contributed by atoms with van der Waals surface area (Å²) in [4.78, 5) is 28.7. The van der Waals surface area contributed by atoms with Gasteiger partial charge >= 0.3 is 6.03 Å². The van der Waals surface area contributed by atoms with Crippen LogP contribution in [0.5, 0.6) is 0 Å². The first-order valence-electron chi connectivity index (χ1n) is 9.13. The summed E-state index contributed by atoms with van der Waals surface area (Å²) < 4.78 is 0. The second-order valence-corrected chi connectivity index (χ2v) is 6.47. The number of anilines is 1. The van der Waals surface area contributed by atoms with Crippen molar-refractivity contribution in [2.45, 2.75) is 26.3 Å². The van der Waals surface area contributed by atoms with E-state index in [1.54, 1.807) is 16.7 Å².